The summed E-state index contributed by atoms with van der Waals surface area (Å²) in [6.07, 6.45) is -0.331. The summed E-state index contributed by atoms with van der Waals surface area (Å²) in [6.45, 7) is 1.84. The number of Topliss-reactive ketones (excluding diaryl/α,β-unsaturated/α-hetero) is 3. The van der Waals surface area contributed by atoms with Crippen molar-refractivity contribution in [3.8, 4) is 10.4 Å². The van der Waals surface area contributed by atoms with Crippen LogP contribution in [0.3, 0.4) is 0 Å². The lowest BCUT2D eigenvalue weighted by Gasteiger charge is -2.16. The number of pyridine rings is 1. The van der Waals surface area contributed by atoms with E-state index in [2.05, 4.69) is 4.98 Å². The van der Waals surface area contributed by atoms with Crippen molar-refractivity contribution in [1.82, 2.24) is 4.98 Å². The normalized spacial score (nSPS) is 18.7. The first-order valence-corrected chi connectivity index (χ1v) is 7.49. The van der Waals surface area contributed by atoms with Crippen LogP contribution in [-0.4, -0.2) is 38.7 Å². The highest BCUT2D eigenvalue weighted by atomic mass is 32.1. The second kappa shape index (κ2) is 5.53. The zero-order chi connectivity index (χ0) is 16.7. The van der Waals surface area contributed by atoms with Crippen molar-refractivity contribution in [2.45, 2.75) is 13.0 Å². The minimum Gasteiger partial charge on any atom is -0.508 e. The fourth-order valence-corrected chi connectivity index (χ4v) is 3.34. The van der Waals surface area contributed by atoms with Crippen LogP contribution in [0, 0.1) is 6.92 Å². The Morgan fingerprint density at radius 3 is 2.48 bits per heavy atom. The molecule has 0 spiro atoms. The topological polar surface area (TPSA) is 105 Å². The number of hydrogen-bond donors (Lipinski definition) is 2. The molecule has 2 heterocycles. The van der Waals surface area contributed by atoms with Gasteiger partial charge < -0.3 is 10.2 Å². The number of ketones is 3. The molecule has 6 nitrogen and oxygen atoms in total. The third kappa shape index (κ3) is 2.49. The number of nitrogens with zero attached hydrogens (tertiary/aromatic N) is 1. The van der Waals surface area contributed by atoms with Crippen molar-refractivity contribution in [2.75, 3.05) is 0 Å². The lowest BCUT2D eigenvalue weighted by Crippen LogP contribution is -2.40. The smallest absolute Gasteiger partial charge is 0.272 e. The van der Waals surface area contributed by atoms with Crippen molar-refractivity contribution in [3.05, 3.63) is 46.8 Å². The first-order chi connectivity index (χ1) is 10.9. The van der Waals surface area contributed by atoms with E-state index in [1.54, 1.807) is 24.4 Å². The Morgan fingerprint density at radius 2 is 1.78 bits per heavy atom. The standard InChI is InChI=1S/C16H11NO5S/c1-7-6-8(4-5-17-7)9-2-3-10(23-9)11-12(18)14(20)16(22)15(21)13(11)19/h2-6,14,18,20H,1H3. The van der Waals surface area contributed by atoms with Crippen molar-refractivity contribution < 1.29 is 24.6 Å². The highest BCUT2D eigenvalue weighted by Crippen LogP contribution is 2.35. The van der Waals surface area contributed by atoms with E-state index in [0.29, 0.717) is 4.88 Å². The molecule has 1 aliphatic carbocycles. The molecule has 7 heteroatoms. The Balaban J connectivity index is 2.08. The summed E-state index contributed by atoms with van der Waals surface area (Å²) in [4.78, 5) is 40.2. The molecule has 0 fully saturated rings. The Bertz CT molecular complexity index is 880. The molecule has 2 N–H and O–H groups in total. The molecule has 0 bridgehead atoms. The van der Waals surface area contributed by atoms with Gasteiger partial charge in [0.15, 0.2) is 6.10 Å². The predicted molar refractivity (Wildman–Crippen MR) is 82.9 cm³/mol. The first kappa shape index (κ1) is 15.3. The van der Waals surface area contributed by atoms with E-state index in [0.717, 1.165) is 16.1 Å². The van der Waals surface area contributed by atoms with Crippen LogP contribution in [0.15, 0.2) is 36.2 Å². The fourth-order valence-electron chi connectivity index (χ4n) is 2.29. The van der Waals surface area contributed by atoms with Crippen LogP contribution < -0.4 is 0 Å². The lowest BCUT2D eigenvalue weighted by atomic mass is 9.91. The van der Waals surface area contributed by atoms with Gasteiger partial charge in [-0.2, -0.15) is 0 Å². The number of carbonyl (C=O) groups is 3. The number of rotatable bonds is 2. The predicted octanol–water partition coefficient (Wildman–Crippen LogP) is 1.47. The second-order valence-electron chi connectivity index (χ2n) is 5.04. The Hall–Kier alpha value is -2.64. The molecule has 0 aromatic carbocycles. The Morgan fingerprint density at radius 1 is 1.09 bits per heavy atom. The van der Waals surface area contributed by atoms with Gasteiger partial charge in [0, 0.05) is 21.6 Å². The van der Waals surface area contributed by atoms with Crippen LogP contribution in [0.1, 0.15) is 10.6 Å². The molecule has 0 aliphatic heterocycles. The molecule has 1 unspecified atom stereocenters. The highest BCUT2D eigenvalue weighted by Gasteiger charge is 2.42. The van der Waals surface area contributed by atoms with E-state index in [-0.39, 0.29) is 5.57 Å². The number of carbonyl (C=O) groups excluding carboxylic acids is 3. The SMILES string of the molecule is Cc1cc(-c2ccc(C3=C(O)C(O)C(=O)C(=O)C3=O)s2)ccn1. The van der Waals surface area contributed by atoms with Crippen molar-refractivity contribution >= 4 is 34.3 Å². The van der Waals surface area contributed by atoms with Crippen LogP contribution in [-0.2, 0) is 14.4 Å². The molecule has 0 saturated heterocycles. The maximum absolute atomic E-state index is 12.0. The molecule has 116 valence electrons. The minimum absolute atomic E-state index is 0.316. The number of aliphatic hydroxyl groups is 2. The number of aryl methyl sites for hydroxylation is 1. The maximum atomic E-state index is 12.0. The van der Waals surface area contributed by atoms with Gasteiger partial charge in [-0.15, -0.1) is 11.3 Å². The quantitative estimate of drug-likeness (QED) is 0.809. The first-order valence-electron chi connectivity index (χ1n) is 6.67. The van der Waals surface area contributed by atoms with E-state index >= 15 is 0 Å². The van der Waals surface area contributed by atoms with Gasteiger partial charge >= 0.3 is 0 Å². The molecule has 0 saturated carbocycles. The number of hydrogen-bond acceptors (Lipinski definition) is 7. The van der Waals surface area contributed by atoms with E-state index in [4.69, 9.17) is 0 Å². The molecular weight excluding hydrogens is 318 g/mol. The second-order valence-corrected chi connectivity index (χ2v) is 6.12. The summed E-state index contributed by atoms with van der Waals surface area (Å²) in [5.41, 5.74) is 1.38. The number of aliphatic hydroxyl groups excluding tert-OH is 2. The van der Waals surface area contributed by atoms with Crippen molar-refractivity contribution in [1.29, 1.82) is 0 Å². The van der Waals surface area contributed by atoms with E-state index < -0.39 is 29.2 Å². The average Bonchev–Trinajstić information content (AvgIpc) is 3.01. The lowest BCUT2D eigenvalue weighted by molar-refractivity contribution is -0.146. The van der Waals surface area contributed by atoms with E-state index in [9.17, 15) is 24.6 Å². The van der Waals surface area contributed by atoms with Crippen LogP contribution in [0.2, 0.25) is 0 Å². The molecule has 1 atom stereocenters. The van der Waals surface area contributed by atoms with Gasteiger partial charge in [-0.3, -0.25) is 19.4 Å². The average molecular weight is 329 g/mol. The van der Waals surface area contributed by atoms with Gasteiger partial charge in [0.05, 0.1) is 5.57 Å². The zero-order valence-corrected chi connectivity index (χ0v) is 12.8. The summed E-state index contributed by atoms with van der Waals surface area (Å²) < 4.78 is 0. The molecule has 23 heavy (non-hydrogen) atoms. The minimum atomic E-state index is -1.98. The molecular formula is C16H11NO5S. The monoisotopic (exact) mass is 329 g/mol. The summed E-state index contributed by atoms with van der Waals surface area (Å²) in [5, 5.41) is 19.5. The van der Waals surface area contributed by atoms with Gasteiger partial charge in [0.2, 0.25) is 11.6 Å². The summed E-state index contributed by atoms with van der Waals surface area (Å²) in [6, 6.07) is 6.95. The maximum Gasteiger partial charge on any atom is 0.272 e. The highest BCUT2D eigenvalue weighted by molar-refractivity contribution is 7.17. The summed E-state index contributed by atoms with van der Waals surface area (Å²) in [5.74, 6) is -4.51. The Labute approximate surface area is 134 Å². The molecule has 0 radical (unpaired) electrons. The largest absolute Gasteiger partial charge is 0.508 e. The van der Waals surface area contributed by atoms with E-state index in [1.807, 2.05) is 13.0 Å². The Kier molecular flexibility index (Phi) is 3.67. The molecule has 2 aromatic rings. The van der Waals surface area contributed by atoms with Gasteiger partial charge in [0.25, 0.3) is 5.78 Å². The van der Waals surface area contributed by atoms with Gasteiger partial charge in [0.1, 0.15) is 5.76 Å². The van der Waals surface area contributed by atoms with Gasteiger partial charge in [-0.05, 0) is 36.8 Å². The molecule has 1 aliphatic rings. The molecule has 2 aromatic heterocycles. The number of thiophene rings is 1. The molecule has 0 amide bonds. The molecule has 3 rings (SSSR count). The van der Waals surface area contributed by atoms with Crippen molar-refractivity contribution in [2.24, 2.45) is 0 Å². The third-order valence-corrected chi connectivity index (χ3v) is 4.61. The van der Waals surface area contributed by atoms with Gasteiger partial charge in [-0.1, -0.05) is 0 Å². The van der Waals surface area contributed by atoms with Crippen LogP contribution in [0.25, 0.3) is 16.0 Å². The fraction of sp³-hybridized carbons (Fsp3) is 0.125. The summed E-state index contributed by atoms with van der Waals surface area (Å²) in [7, 11) is 0. The van der Waals surface area contributed by atoms with Gasteiger partial charge in [-0.25, -0.2) is 0 Å². The van der Waals surface area contributed by atoms with Crippen LogP contribution in [0.4, 0.5) is 0 Å². The van der Waals surface area contributed by atoms with Crippen molar-refractivity contribution in [3.63, 3.8) is 0 Å². The zero-order valence-electron chi connectivity index (χ0n) is 11.9. The third-order valence-electron chi connectivity index (χ3n) is 3.45. The van der Waals surface area contributed by atoms with Crippen LogP contribution in [0.5, 0.6) is 0 Å². The van der Waals surface area contributed by atoms with Crippen LogP contribution >= 0.6 is 11.3 Å². The van der Waals surface area contributed by atoms with E-state index in [1.165, 1.54) is 11.3 Å². The number of allylic oxidation sites excluding steroid dienone is 1. The number of aromatic nitrogens is 1. The summed E-state index contributed by atoms with van der Waals surface area (Å²) >= 11 is 1.17.